The Morgan fingerprint density at radius 2 is 1.28 bits per heavy atom. The highest BCUT2D eigenvalue weighted by atomic mass is 14.1. The third-order valence-corrected chi connectivity index (χ3v) is 5.10. The second-order valence-corrected chi connectivity index (χ2v) is 6.84. The summed E-state index contributed by atoms with van der Waals surface area (Å²) < 4.78 is 0. The summed E-state index contributed by atoms with van der Waals surface area (Å²) in [5.74, 6) is 0. The highest BCUT2D eigenvalue weighted by Crippen LogP contribution is 2.34. The zero-order valence-electron chi connectivity index (χ0n) is 14.8. The molecule has 0 bridgehead atoms. The first-order valence-corrected chi connectivity index (χ1v) is 9.36. The first-order chi connectivity index (χ1) is 12.4. The normalized spacial score (nSPS) is 11.2. The highest BCUT2D eigenvalue weighted by molar-refractivity contribution is 6.05. The highest BCUT2D eigenvalue weighted by Gasteiger charge is 2.09. The minimum atomic E-state index is 1.16. The molecule has 4 aromatic rings. The molecule has 0 aliphatic heterocycles. The number of benzene rings is 4. The Morgan fingerprint density at radius 3 is 2.12 bits per heavy atom. The lowest BCUT2D eigenvalue weighted by atomic mass is 9.91. The monoisotopic (exact) mass is 324 g/mol. The van der Waals surface area contributed by atoms with Gasteiger partial charge in [-0.15, -0.1) is 0 Å². The third-order valence-electron chi connectivity index (χ3n) is 5.10. The molecule has 0 aliphatic carbocycles. The molecule has 0 heteroatoms. The van der Waals surface area contributed by atoms with E-state index >= 15 is 0 Å². The van der Waals surface area contributed by atoms with Crippen molar-refractivity contribution >= 4 is 21.5 Å². The van der Waals surface area contributed by atoms with E-state index < -0.39 is 0 Å². The summed E-state index contributed by atoms with van der Waals surface area (Å²) in [6.45, 7) is 2.27. The van der Waals surface area contributed by atoms with Crippen LogP contribution < -0.4 is 0 Å². The summed E-state index contributed by atoms with van der Waals surface area (Å²) in [5, 5.41) is 5.29. The van der Waals surface area contributed by atoms with E-state index in [0.717, 1.165) is 6.42 Å². The van der Waals surface area contributed by atoms with Crippen LogP contribution in [0.2, 0.25) is 0 Å². The van der Waals surface area contributed by atoms with Crippen molar-refractivity contribution in [1.82, 2.24) is 0 Å². The zero-order chi connectivity index (χ0) is 17.1. The summed E-state index contributed by atoms with van der Waals surface area (Å²) >= 11 is 0. The molecule has 4 rings (SSSR count). The smallest absolute Gasteiger partial charge is 0.00989 e. The van der Waals surface area contributed by atoms with Crippen LogP contribution >= 0.6 is 0 Å². The number of aryl methyl sites for hydroxylation is 1. The van der Waals surface area contributed by atoms with Crippen LogP contribution in [-0.2, 0) is 6.42 Å². The van der Waals surface area contributed by atoms with Crippen LogP contribution in [-0.4, -0.2) is 0 Å². The van der Waals surface area contributed by atoms with Gasteiger partial charge in [-0.1, -0.05) is 86.5 Å². The molecule has 0 saturated heterocycles. The minimum absolute atomic E-state index is 1.16. The van der Waals surface area contributed by atoms with Gasteiger partial charge in [-0.2, -0.15) is 0 Å². The van der Waals surface area contributed by atoms with E-state index in [1.807, 2.05) is 0 Å². The molecule has 0 unspecified atom stereocenters. The SMILES string of the molecule is CCCCCc1ccccc1-c1cccc2cc3ccccc3cc12. The molecule has 0 nitrogen and oxygen atoms in total. The number of rotatable bonds is 5. The third kappa shape index (κ3) is 3.17. The molecule has 0 saturated carbocycles. The summed E-state index contributed by atoms with van der Waals surface area (Å²) in [4.78, 5) is 0. The topological polar surface area (TPSA) is 0 Å². The first kappa shape index (κ1) is 15.9. The molecule has 0 radical (unpaired) electrons. The summed E-state index contributed by atoms with van der Waals surface area (Å²) in [7, 11) is 0. The fourth-order valence-electron chi connectivity index (χ4n) is 3.77. The maximum absolute atomic E-state index is 2.35. The van der Waals surface area contributed by atoms with Crippen LogP contribution in [0, 0.1) is 0 Å². The van der Waals surface area contributed by atoms with Gasteiger partial charge in [-0.25, -0.2) is 0 Å². The van der Waals surface area contributed by atoms with Crippen molar-refractivity contribution in [3.63, 3.8) is 0 Å². The quantitative estimate of drug-likeness (QED) is 0.265. The van der Waals surface area contributed by atoms with Gasteiger partial charge >= 0.3 is 0 Å². The van der Waals surface area contributed by atoms with Crippen molar-refractivity contribution in [3.8, 4) is 11.1 Å². The molecule has 0 aromatic heterocycles. The Hall–Kier alpha value is -2.60. The summed E-state index contributed by atoms with van der Waals surface area (Å²) in [5.41, 5.74) is 4.21. The Bertz CT molecular complexity index is 1010. The molecule has 0 atom stereocenters. The molecule has 0 aliphatic rings. The van der Waals surface area contributed by atoms with Crippen molar-refractivity contribution in [2.45, 2.75) is 32.6 Å². The van der Waals surface area contributed by atoms with E-state index in [4.69, 9.17) is 0 Å². The molecule has 0 N–H and O–H groups in total. The van der Waals surface area contributed by atoms with Gasteiger partial charge in [0.25, 0.3) is 0 Å². The van der Waals surface area contributed by atoms with Gasteiger partial charge in [-0.05, 0) is 63.2 Å². The molecule has 0 heterocycles. The van der Waals surface area contributed by atoms with Gasteiger partial charge < -0.3 is 0 Å². The predicted molar refractivity (Wildman–Crippen MR) is 110 cm³/mol. The van der Waals surface area contributed by atoms with E-state index in [-0.39, 0.29) is 0 Å². The van der Waals surface area contributed by atoms with Gasteiger partial charge in [0.2, 0.25) is 0 Å². The lowest BCUT2D eigenvalue weighted by Crippen LogP contribution is -1.91. The standard InChI is InChI=1S/C25H24/c1-2-3-4-10-19-11-7-8-15-23(19)24-16-9-14-22-17-20-12-5-6-13-21(20)18-25(22)24/h5-9,11-18H,2-4,10H2,1H3. The number of unbranched alkanes of at least 4 members (excludes halogenated alkanes) is 2. The number of hydrogen-bond acceptors (Lipinski definition) is 0. The van der Waals surface area contributed by atoms with Crippen LogP contribution in [0.15, 0.2) is 78.9 Å². The van der Waals surface area contributed by atoms with Crippen LogP contribution in [0.1, 0.15) is 31.7 Å². The van der Waals surface area contributed by atoms with Crippen molar-refractivity contribution in [2.24, 2.45) is 0 Å². The fourth-order valence-corrected chi connectivity index (χ4v) is 3.77. The van der Waals surface area contributed by atoms with Crippen molar-refractivity contribution in [1.29, 1.82) is 0 Å². The van der Waals surface area contributed by atoms with Crippen LogP contribution in [0.4, 0.5) is 0 Å². The molecule has 25 heavy (non-hydrogen) atoms. The van der Waals surface area contributed by atoms with E-state index in [2.05, 4.69) is 85.8 Å². The van der Waals surface area contributed by atoms with E-state index in [1.165, 1.54) is 57.5 Å². The van der Waals surface area contributed by atoms with Gasteiger partial charge in [0.1, 0.15) is 0 Å². The van der Waals surface area contributed by atoms with Crippen LogP contribution in [0.25, 0.3) is 32.7 Å². The largest absolute Gasteiger partial charge is 0.0654 e. The number of hydrogen-bond donors (Lipinski definition) is 0. The van der Waals surface area contributed by atoms with E-state index in [9.17, 15) is 0 Å². The molecule has 0 amide bonds. The second-order valence-electron chi connectivity index (χ2n) is 6.84. The van der Waals surface area contributed by atoms with Crippen molar-refractivity contribution < 1.29 is 0 Å². The van der Waals surface area contributed by atoms with Gasteiger partial charge in [0, 0.05) is 0 Å². The molecular weight excluding hydrogens is 300 g/mol. The van der Waals surface area contributed by atoms with Gasteiger partial charge in [0.15, 0.2) is 0 Å². The molecular formula is C25H24. The Morgan fingerprint density at radius 1 is 0.600 bits per heavy atom. The summed E-state index contributed by atoms with van der Waals surface area (Å²) in [6, 6.07) is 28.9. The molecule has 0 fully saturated rings. The van der Waals surface area contributed by atoms with E-state index in [1.54, 1.807) is 0 Å². The predicted octanol–water partition coefficient (Wildman–Crippen LogP) is 7.39. The molecule has 124 valence electrons. The Kier molecular flexibility index (Phi) is 4.52. The van der Waals surface area contributed by atoms with Crippen molar-refractivity contribution in [2.75, 3.05) is 0 Å². The lowest BCUT2D eigenvalue weighted by Gasteiger charge is -2.13. The number of fused-ring (bicyclic) bond motifs is 2. The Labute approximate surface area is 150 Å². The van der Waals surface area contributed by atoms with Gasteiger partial charge in [-0.3, -0.25) is 0 Å². The zero-order valence-corrected chi connectivity index (χ0v) is 14.8. The minimum Gasteiger partial charge on any atom is -0.0654 e. The fraction of sp³-hybridized carbons (Fsp3) is 0.200. The maximum Gasteiger partial charge on any atom is -0.00989 e. The van der Waals surface area contributed by atoms with Crippen LogP contribution in [0.3, 0.4) is 0 Å². The summed E-state index contributed by atoms with van der Waals surface area (Å²) in [6.07, 6.45) is 4.99. The second kappa shape index (κ2) is 7.11. The first-order valence-electron chi connectivity index (χ1n) is 9.36. The maximum atomic E-state index is 2.35. The molecule has 4 aromatic carbocycles. The average molecular weight is 324 g/mol. The molecule has 0 spiro atoms. The average Bonchev–Trinajstić information content (AvgIpc) is 2.66. The van der Waals surface area contributed by atoms with Crippen molar-refractivity contribution in [3.05, 3.63) is 84.4 Å². The van der Waals surface area contributed by atoms with Crippen LogP contribution in [0.5, 0.6) is 0 Å². The van der Waals surface area contributed by atoms with E-state index in [0.29, 0.717) is 0 Å². The lowest BCUT2D eigenvalue weighted by molar-refractivity contribution is 0.718. The Balaban J connectivity index is 1.88. The van der Waals surface area contributed by atoms with Gasteiger partial charge in [0.05, 0.1) is 0 Å².